The van der Waals surface area contributed by atoms with E-state index in [1.54, 1.807) is 0 Å². The first-order valence-corrected chi connectivity index (χ1v) is 10.3. The molecule has 0 atom stereocenters. The Morgan fingerprint density at radius 3 is 2.57 bits per heavy atom. The lowest BCUT2D eigenvalue weighted by Crippen LogP contribution is -2.30. The fraction of sp³-hybridized carbons (Fsp3) is 0.185. The van der Waals surface area contributed by atoms with E-state index in [-0.39, 0.29) is 0 Å². The highest BCUT2D eigenvalue weighted by atomic mass is 16.3. The molecule has 0 saturated heterocycles. The van der Waals surface area contributed by atoms with Crippen molar-refractivity contribution in [2.45, 2.75) is 26.7 Å². The van der Waals surface area contributed by atoms with E-state index in [1.165, 1.54) is 16.3 Å². The van der Waals surface area contributed by atoms with Crippen molar-refractivity contribution in [3.63, 3.8) is 0 Å². The molecule has 3 aromatic carbocycles. The van der Waals surface area contributed by atoms with E-state index in [0.717, 1.165) is 38.8 Å². The van der Waals surface area contributed by atoms with Gasteiger partial charge in [-0.15, -0.1) is 0 Å². The highest BCUT2D eigenvalue weighted by Crippen LogP contribution is 2.40. The zero-order valence-electron chi connectivity index (χ0n) is 17.7. The number of nitriles is 1. The van der Waals surface area contributed by atoms with E-state index in [2.05, 4.69) is 81.1 Å². The highest BCUT2D eigenvalue weighted by molar-refractivity contribution is 6.13. The van der Waals surface area contributed by atoms with Crippen molar-refractivity contribution in [1.82, 2.24) is 0 Å². The topological polar surface area (TPSA) is 40.8 Å². The van der Waals surface area contributed by atoms with E-state index in [4.69, 9.17) is 4.42 Å². The summed E-state index contributed by atoms with van der Waals surface area (Å²) in [5, 5.41) is 13.9. The molecule has 0 bridgehead atoms. The number of benzene rings is 3. The Morgan fingerprint density at radius 2 is 1.80 bits per heavy atom. The standard InChI is InChI=1S/C27H23N2O/c1-16(2)18-9-11-21-19(14-18)12-13-29(4)26(21)24-17(3)8-10-22-25-20(15-28)6-5-7-23(25)30-27(22)24/h5-14,16H,1-4H3/q+1. The average Bonchev–Trinajstić information content (AvgIpc) is 3.12. The number of furan rings is 1. The molecule has 0 radical (unpaired) electrons. The van der Waals surface area contributed by atoms with Crippen LogP contribution in [0.1, 0.15) is 36.5 Å². The van der Waals surface area contributed by atoms with E-state index < -0.39 is 0 Å². The van der Waals surface area contributed by atoms with E-state index >= 15 is 0 Å². The number of hydrogen-bond donors (Lipinski definition) is 0. The normalized spacial score (nSPS) is 11.6. The van der Waals surface area contributed by atoms with Gasteiger partial charge in [-0.25, -0.2) is 4.57 Å². The molecular formula is C27H23N2O+. The quantitative estimate of drug-likeness (QED) is 0.321. The van der Waals surface area contributed by atoms with Crippen molar-refractivity contribution in [3.8, 4) is 17.3 Å². The lowest BCUT2D eigenvalue weighted by Gasteiger charge is -2.11. The summed E-state index contributed by atoms with van der Waals surface area (Å²) in [5.41, 5.74) is 6.92. The van der Waals surface area contributed by atoms with Crippen LogP contribution in [0.3, 0.4) is 0 Å². The third kappa shape index (κ3) is 2.61. The van der Waals surface area contributed by atoms with Crippen LogP contribution in [0.15, 0.2) is 65.2 Å². The van der Waals surface area contributed by atoms with Gasteiger partial charge < -0.3 is 4.42 Å². The van der Waals surface area contributed by atoms with Crippen molar-refractivity contribution in [1.29, 1.82) is 5.26 Å². The predicted molar refractivity (Wildman–Crippen MR) is 121 cm³/mol. The molecule has 0 spiro atoms. The molecule has 2 heterocycles. The Labute approximate surface area is 175 Å². The minimum atomic E-state index is 0.483. The fourth-order valence-electron chi connectivity index (χ4n) is 4.44. The number of fused-ring (bicyclic) bond motifs is 4. The Morgan fingerprint density at radius 1 is 1.00 bits per heavy atom. The largest absolute Gasteiger partial charge is 0.455 e. The Kier molecular flexibility index (Phi) is 4.11. The van der Waals surface area contributed by atoms with Gasteiger partial charge in [-0.3, -0.25) is 0 Å². The Bertz CT molecular complexity index is 1500. The van der Waals surface area contributed by atoms with Crippen LogP contribution in [-0.2, 0) is 7.05 Å². The minimum absolute atomic E-state index is 0.483. The van der Waals surface area contributed by atoms with E-state index in [9.17, 15) is 5.26 Å². The molecule has 0 amide bonds. The number of pyridine rings is 1. The SMILES string of the molecule is Cc1ccc2c(oc3cccc(C#N)c32)c1-c1c2ccc(C(C)C)cc2cc[n+]1C. The second-order valence-electron chi connectivity index (χ2n) is 8.30. The van der Waals surface area contributed by atoms with Crippen molar-refractivity contribution in [2.24, 2.45) is 7.05 Å². The molecule has 5 aromatic rings. The zero-order chi connectivity index (χ0) is 21.0. The van der Waals surface area contributed by atoms with Gasteiger partial charge in [0.15, 0.2) is 6.20 Å². The maximum Gasteiger partial charge on any atom is 0.224 e. The molecule has 0 unspecified atom stereocenters. The first-order chi connectivity index (χ1) is 14.5. The number of rotatable bonds is 2. The highest BCUT2D eigenvalue weighted by Gasteiger charge is 2.24. The Balaban J connectivity index is 1.92. The maximum absolute atomic E-state index is 9.61. The van der Waals surface area contributed by atoms with Crippen LogP contribution in [0.2, 0.25) is 0 Å². The summed E-state index contributed by atoms with van der Waals surface area (Å²) in [6, 6.07) is 21.1. The average molecular weight is 391 g/mol. The second-order valence-corrected chi connectivity index (χ2v) is 8.30. The second kappa shape index (κ2) is 6.71. The van der Waals surface area contributed by atoms with Crippen LogP contribution >= 0.6 is 0 Å². The summed E-state index contributed by atoms with van der Waals surface area (Å²) in [6.45, 7) is 6.56. The van der Waals surface area contributed by atoms with Crippen molar-refractivity contribution < 1.29 is 8.98 Å². The molecule has 5 rings (SSSR count). The lowest BCUT2D eigenvalue weighted by atomic mass is 9.94. The molecule has 0 saturated carbocycles. The van der Waals surface area contributed by atoms with Gasteiger partial charge in [0, 0.05) is 16.8 Å². The summed E-state index contributed by atoms with van der Waals surface area (Å²) >= 11 is 0. The third-order valence-electron chi connectivity index (χ3n) is 6.06. The monoisotopic (exact) mass is 391 g/mol. The Hall–Kier alpha value is -3.64. The number of aryl methyl sites for hydroxylation is 2. The number of hydrogen-bond acceptors (Lipinski definition) is 2. The number of aromatic nitrogens is 1. The van der Waals surface area contributed by atoms with E-state index in [1.807, 2.05) is 18.2 Å². The van der Waals surface area contributed by atoms with Crippen LogP contribution in [0.4, 0.5) is 0 Å². The summed E-state index contributed by atoms with van der Waals surface area (Å²) in [4.78, 5) is 0. The van der Waals surface area contributed by atoms with Gasteiger partial charge in [0.2, 0.25) is 5.69 Å². The third-order valence-corrected chi connectivity index (χ3v) is 6.06. The van der Waals surface area contributed by atoms with Gasteiger partial charge in [0.05, 0.1) is 22.6 Å². The van der Waals surface area contributed by atoms with Crippen LogP contribution in [0.5, 0.6) is 0 Å². The summed E-state index contributed by atoms with van der Waals surface area (Å²) in [6.07, 6.45) is 2.11. The lowest BCUT2D eigenvalue weighted by molar-refractivity contribution is -0.659. The molecule has 146 valence electrons. The first-order valence-electron chi connectivity index (χ1n) is 10.3. The van der Waals surface area contributed by atoms with Crippen LogP contribution in [0, 0.1) is 18.3 Å². The summed E-state index contributed by atoms with van der Waals surface area (Å²) < 4.78 is 8.53. The molecule has 2 aromatic heterocycles. The molecule has 0 aliphatic heterocycles. The molecule has 3 nitrogen and oxygen atoms in total. The molecule has 3 heteroatoms. The number of nitrogens with zero attached hydrogens (tertiary/aromatic N) is 2. The summed E-state index contributed by atoms with van der Waals surface area (Å²) in [5.74, 6) is 0.483. The zero-order valence-corrected chi connectivity index (χ0v) is 17.7. The molecule has 0 aliphatic carbocycles. The van der Waals surface area contributed by atoms with Gasteiger partial charge in [-0.05, 0) is 47.6 Å². The van der Waals surface area contributed by atoms with Gasteiger partial charge in [-0.2, -0.15) is 5.26 Å². The molecule has 0 N–H and O–H groups in total. The van der Waals surface area contributed by atoms with Crippen LogP contribution in [0.25, 0.3) is 44.0 Å². The molecule has 0 fully saturated rings. The fourth-order valence-corrected chi connectivity index (χ4v) is 4.44. The van der Waals surface area contributed by atoms with Crippen LogP contribution in [-0.4, -0.2) is 0 Å². The van der Waals surface area contributed by atoms with Gasteiger partial charge in [0.25, 0.3) is 0 Å². The predicted octanol–water partition coefficient (Wildman–Crippen LogP) is 6.53. The van der Waals surface area contributed by atoms with Crippen molar-refractivity contribution in [3.05, 3.63) is 77.5 Å². The van der Waals surface area contributed by atoms with Crippen molar-refractivity contribution >= 4 is 32.7 Å². The van der Waals surface area contributed by atoms with Gasteiger partial charge in [0.1, 0.15) is 18.2 Å². The maximum atomic E-state index is 9.61. The van der Waals surface area contributed by atoms with Gasteiger partial charge >= 0.3 is 0 Å². The molecule has 30 heavy (non-hydrogen) atoms. The first kappa shape index (κ1) is 18.4. The smallest absolute Gasteiger partial charge is 0.224 e. The van der Waals surface area contributed by atoms with Crippen molar-refractivity contribution in [2.75, 3.05) is 0 Å². The van der Waals surface area contributed by atoms with Gasteiger partial charge in [-0.1, -0.05) is 44.2 Å². The minimum Gasteiger partial charge on any atom is -0.455 e. The summed E-state index contributed by atoms with van der Waals surface area (Å²) in [7, 11) is 2.08. The molecule has 0 aliphatic rings. The molecular weight excluding hydrogens is 368 g/mol. The van der Waals surface area contributed by atoms with Crippen LogP contribution < -0.4 is 4.57 Å². The van der Waals surface area contributed by atoms with E-state index in [0.29, 0.717) is 11.5 Å².